The summed E-state index contributed by atoms with van der Waals surface area (Å²) >= 11 is 1.48. The minimum atomic E-state index is -0.297. The maximum atomic E-state index is 12.5. The number of amides is 2. The van der Waals surface area contributed by atoms with E-state index in [9.17, 15) is 9.59 Å². The normalized spacial score (nSPS) is 17.5. The lowest BCUT2D eigenvalue weighted by Gasteiger charge is -2.30. The molecule has 0 spiro atoms. The molecule has 0 bridgehead atoms. The van der Waals surface area contributed by atoms with Crippen molar-refractivity contribution in [3.63, 3.8) is 0 Å². The molecule has 2 amide bonds. The standard InChI is InChI=1S/C22H26N6O4S/c29-20(26-5-7-31-8-6-26)9-16-10-23-21-19(11-25-28(21)12-16)17-1-3-27(4-2-17)22(30)32-13-18-14-33-15-24-18/h10-12,14-15,17H,1-9,13H2. The third kappa shape index (κ3) is 4.98. The Labute approximate surface area is 195 Å². The van der Waals surface area contributed by atoms with Gasteiger partial charge in [0.25, 0.3) is 0 Å². The van der Waals surface area contributed by atoms with E-state index in [2.05, 4.69) is 15.1 Å². The fourth-order valence-corrected chi connectivity index (χ4v) is 4.86. The van der Waals surface area contributed by atoms with Crippen LogP contribution in [0.3, 0.4) is 0 Å². The molecule has 33 heavy (non-hydrogen) atoms. The van der Waals surface area contributed by atoms with Crippen molar-refractivity contribution in [1.29, 1.82) is 0 Å². The quantitative estimate of drug-likeness (QED) is 0.563. The molecule has 3 aromatic heterocycles. The van der Waals surface area contributed by atoms with Gasteiger partial charge in [0.15, 0.2) is 5.65 Å². The highest BCUT2D eigenvalue weighted by Gasteiger charge is 2.27. The van der Waals surface area contributed by atoms with Gasteiger partial charge >= 0.3 is 6.09 Å². The number of hydrogen-bond acceptors (Lipinski definition) is 8. The summed E-state index contributed by atoms with van der Waals surface area (Å²) in [6.45, 7) is 3.92. The number of aromatic nitrogens is 4. The number of piperidine rings is 1. The molecule has 0 unspecified atom stereocenters. The van der Waals surface area contributed by atoms with E-state index in [1.54, 1.807) is 21.1 Å². The van der Waals surface area contributed by atoms with Crippen molar-refractivity contribution in [3.8, 4) is 0 Å². The lowest BCUT2D eigenvalue weighted by Crippen LogP contribution is -2.41. The molecule has 0 radical (unpaired) electrons. The minimum Gasteiger partial charge on any atom is -0.443 e. The first-order chi connectivity index (χ1) is 16.2. The number of rotatable bonds is 5. The first-order valence-corrected chi connectivity index (χ1v) is 12.1. The maximum absolute atomic E-state index is 12.5. The second-order valence-electron chi connectivity index (χ2n) is 8.30. The molecule has 3 aromatic rings. The summed E-state index contributed by atoms with van der Waals surface area (Å²) in [5.41, 5.74) is 5.22. The largest absolute Gasteiger partial charge is 0.443 e. The molecule has 0 aromatic carbocycles. The molecular weight excluding hydrogens is 444 g/mol. The Morgan fingerprint density at radius 2 is 1.91 bits per heavy atom. The topological polar surface area (TPSA) is 102 Å². The Kier molecular flexibility index (Phi) is 6.49. The van der Waals surface area contributed by atoms with E-state index in [1.165, 1.54) is 11.3 Å². The second kappa shape index (κ2) is 9.84. The zero-order valence-electron chi connectivity index (χ0n) is 18.3. The van der Waals surface area contributed by atoms with Crippen molar-refractivity contribution in [2.75, 3.05) is 39.4 Å². The molecule has 2 aliphatic heterocycles. The van der Waals surface area contributed by atoms with Crippen LogP contribution in [0.5, 0.6) is 0 Å². The minimum absolute atomic E-state index is 0.0841. The van der Waals surface area contributed by atoms with E-state index < -0.39 is 0 Å². The summed E-state index contributed by atoms with van der Waals surface area (Å²) in [6, 6.07) is 0. The van der Waals surface area contributed by atoms with Crippen molar-refractivity contribution in [2.24, 2.45) is 0 Å². The molecule has 5 heterocycles. The molecule has 0 atom stereocenters. The van der Waals surface area contributed by atoms with E-state index in [0.29, 0.717) is 45.8 Å². The predicted octanol–water partition coefficient (Wildman–Crippen LogP) is 2.10. The number of carbonyl (C=O) groups excluding carboxylic acids is 2. The zero-order valence-corrected chi connectivity index (χ0v) is 19.1. The average Bonchev–Trinajstić information content (AvgIpc) is 3.53. The molecule has 2 fully saturated rings. The third-order valence-electron chi connectivity index (χ3n) is 6.18. The van der Waals surface area contributed by atoms with E-state index >= 15 is 0 Å². The number of ether oxygens (including phenoxy) is 2. The Morgan fingerprint density at radius 3 is 2.67 bits per heavy atom. The first-order valence-electron chi connectivity index (χ1n) is 11.1. The number of thiazole rings is 1. The maximum Gasteiger partial charge on any atom is 0.410 e. The van der Waals surface area contributed by atoms with Crippen LogP contribution in [-0.2, 0) is 27.3 Å². The summed E-state index contributed by atoms with van der Waals surface area (Å²) < 4.78 is 12.4. The Morgan fingerprint density at radius 1 is 1.09 bits per heavy atom. The smallest absolute Gasteiger partial charge is 0.410 e. The number of likely N-dealkylation sites (tertiary alicyclic amines) is 1. The molecule has 5 rings (SSSR count). The van der Waals surface area contributed by atoms with Crippen LogP contribution >= 0.6 is 11.3 Å². The van der Waals surface area contributed by atoms with Crippen LogP contribution in [0.4, 0.5) is 4.79 Å². The van der Waals surface area contributed by atoms with E-state index in [-0.39, 0.29) is 24.5 Å². The lowest BCUT2D eigenvalue weighted by molar-refractivity contribution is -0.134. The highest BCUT2D eigenvalue weighted by molar-refractivity contribution is 7.07. The van der Waals surface area contributed by atoms with E-state index in [0.717, 1.165) is 35.3 Å². The molecular formula is C22H26N6O4S. The van der Waals surface area contributed by atoms with Gasteiger partial charge in [0.2, 0.25) is 5.91 Å². The van der Waals surface area contributed by atoms with Crippen molar-refractivity contribution in [1.82, 2.24) is 29.4 Å². The molecule has 2 saturated heterocycles. The summed E-state index contributed by atoms with van der Waals surface area (Å²) in [5.74, 6) is 0.360. The van der Waals surface area contributed by atoms with Gasteiger partial charge < -0.3 is 19.3 Å². The van der Waals surface area contributed by atoms with Gasteiger partial charge in [0.1, 0.15) is 6.61 Å². The molecule has 10 nitrogen and oxygen atoms in total. The van der Waals surface area contributed by atoms with Crippen LogP contribution in [0.25, 0.3) is 5.65 Å². The van der Waals surface area contributed by atoms with Crippen LogP contribution in [-0.4, -0.2) is 80.8 Å². The molecule has 11 heteroatoms. The Balaban J connectivity index is 1.17. The molecule has 0 N–H and O–H groups in total. The van der Waals surface area contributed by atoms with Gasteiger partial charge in [-0.15, -0.1) is 11.3 Å². The van der Waals surface area contributed by atoms with Gasteiger partial charge in [0.05, 0.1) is 37.0 Å². The van der Waals surface area contributed by atoms with Crippen molar-refractivity contribution >= 4 is 29.0 Å². The van der Waals surface area contributed by atoms with Gasteiger partial charge in [-0.3, -0.25) is 4.79 Å². The second-order valence-corrected chi connectivity index (χ2v) is 9.01. The van der Waals surface area contributed by atoms with Gasteiger partial charge in [-0.2, -0.15) is 5.10 Å². The first kappa shape index (κ1) is 21.8. The number of nitrogens with zero attached hydrogens (tertiary/aromatic N) is 6. The summed E-state index contributed by atoms with van der Waals surface area (Å²) in [6.07, 6.45) is 7.17. The molecule has 2 aliphatic rings. The van der Waals surface area contributed by atoms with Gasteiger partial charge in [-0.25, -0.2) is 19.3 Å². The zero-order chi connectivity index (χ0) is 22.6. The molecule has 174 valence electrons. The van der Waals surface area contributed by atoms with Gasteiger partial charge in [-0.1, -0.05) is 0 Å². The fourth-order valence-electron chi connectivity index (χ4n) is 4.32. The predicted molar refractivity (Wildman–Crippen MR) is 120 cm³/mol. The van der Waals surface area contributed by atoms with Crippen molar-refractivity contribution < 1.29 is 19.1 Å². The molecule has 0 saturated carbocycles. The fraction of sp³-hybridized carbons (Fsp3) is 0.500. The van der Waals surface area contributed by atoms with Crippen LogP contribution in [0.2, 0.25) is 0 Å². The Bertz CT molecular complexity index is 1100. The lowest BCUT2D eigenvalue weighted by atomic mass is 9.91. The van der Waals surface area contributed by atoms with Crippen molar-refractivity contribution in [2.45, 2.75) is 31.8 Å². The van der Waals surface area contributed by atoms with Gasteiger partial charge in [-0.05, 0) is 24.3 Å². The Hall–Kier alpha value is -3.05. The highest BCUT2D eigenvalue weighted by Crippen LogP contribution is 2.30. The van der Waals surface area contributed by atoms with Crippen LogP contribution in [0.1, 0.15) is 35.6 Å². The number of hydrogen-bond donors (Lipinski definition) is 0. The number of carbonyl (C=O) groups is 2. The van der Waals surface area contributed by atoms with Crippen LogP contribution < -0.4 is 0 Å². The highest BCUT2D eigenvalue weighted by atomic mass is 32.1. The monoisotopic (exact) mass is 470 g/mol. The molecule has 0 aliphatic carbocycles. The summed E-state index contributed by atoms with van der Waals surface area (Å²) in [7, 11) is 0. The van der Waals surface area contributed by atoms with Gasteiger partial charge in [0, 0.05) is 49.5 Å². The SMILES string of the molecule is O=C(Cc1cnc2c(C3CCN(C(=O)OCc4cscn4)CC3)cnn2c1)N1CCOCC1. The third-order valence-corrected chi connectivity index (χ3v) is 6.81. The summed E-state index contributed by atoms with van der Waals surface area (Å²) in [4.78, 5) is 37.2. The average molecular weight is 471 g/mol. The summed E-state index contributed by atoms with van der Waals surface area (Å²) in [5, 5.41) is 6.36. The van der Waals surface area contributed by atoms with E-state index in [1.807, 2.05) is 22.7 Å². The number of morpholine rings is 1. The van der Waals surface area contributed by atoms with E-state index in [4.69, 9.17) is 9.47 Å². The van der Waals surface area contributed by atoms with Crippen LogP contribution in [0, 0.1) is 0 Å². The van der Waals surface area contributed by atoms with Crippen molar-refractivity contribution in [3.05, 3.63) is 46.3 Å². The number of fused-ring (bicyclic) bond motifs is 1. The van der Waals surface area contributed by atoms with Crippen LogP contribution in [0.15, 0.2) is 29.5 Å².